The fourth-order valence-electron chi connectivity index (χ4n) is 3.45. The molecule has 0 saturated carbocycles. The topological polar surface area (TPSA) is 88.1 Å². The molecule has 0 spiro atoms. The fraction of sp³-hybridized carbons (Fsp3) is 0.130. The molecule has 5 rings (SSSR count). The van der Waals surface area contributed by atoms with E-state index in [-0.39, 0.29) is 13.2 Å². The lowest BCUT2D eigenvalue weighted by Crippen LogP contribution is -2.01. The van der Waals surface area contributed by atoms with Gasteiger partial charge in [0.2, 0.25) is 0 Å². The summed E-state index contributed by atoms with van der Waals surface area (Å²) in [6.45, 7) is 0.635. The van der Waals surface area contributed by atoms with Crippen molar-refractivity contribution in [3.8, 4) is 16.9 Å². The summed E-state index contributed by atoms with van der Waals surface area (Å²) in [5.74, 6) is 0.912. The molecule has 0 saturated heterocycles. The number of aromatic nitrogens is 4. The number of methoxy groups -OCH3 is 1. The Bertz CT molecular complexity index is 1310. The lowest BCUT2D eigenvalue weighted by atomic mass is 10.0. The van der Waals surface area contributed by atoms with E-state index in [1.54, 1.807) is 13.2 Å². The van der Waals surface area contributed by atoms with Crippen LogP contribution in [0.3, 0.4) is 0 Å². The fourth-order valence-corrected chi connectivity index (χ4v) is 3.45. The minimum Gasteiger partial charge on any atom is -0.495 e. The van der Waals surface area contributed by atoms with Crippen LogP contribution in [0.15, 0.2) is 65.9 Å². The minimum atomic E-state index is -0.288. The smallest absolute Gasteiger partial charge is 0.186 e. The zero-order valence-corrected chi connectivity index (χ0v) is 16.1. The lowest BCUT2D eigenvalue weighted by Gasteiger charge is -2.13. The predicted molar refractivity (Wildman–Crippen MR) is 121 cm³/mol. The first kappa shape index (κ1) is 20.2. The van der Waals surface area contributed by atoms with Gasteiger partial charge in [0.1, 0.15) is 23.7 Å². The van der Waals surface area contributed by atoms with Crippen LogP contribution in [0.1, 0.15) is 13.1 Å². The van der Waals surface area contributed by atoms with Gasteiger partial charge in [-0.25, -0.2) is 14.4 Å². The summed E-state index contributed by atoms with van der Waals surface area (Å²) >= 11 is 0. The molecule has 1 aliphatic heterocycles. The van der Waals surface area contributed by atoms with Gasteiger partial charge in [-0.2, -0.15) is 5.10 Å². The number of H-pyrrole nitrogens is 1. The highest BCUT2D eigenvalue weighted by Gasteiger charge is 2.18. The number of hydrogen-bond donors (Lipinski definition) is 2. The van der Waals surface area contributed by atoms with Crippen LogP contribution in [0.4, 0.5) is 15.9 Å². The second kappa shape index (κ2) is 8.35. The molecule has 2 aromatic heterocycles. The summed E-state index contributed by atoms with van der Waals surface area (Å²) in [6, 6.07) is 12.1. The monoisotopic (exact) mass is 416 g/mol. The summed E-state index contributed by atoms with van der Waals surface area (Å²) in [7, 11) is 1.60. The number of nitrogens with zero attached hydrogens (tertiary/aromatic N) is 4. The van der Waals surface area contributed by atoms with Crippen molar-refractivity contribution in [2.24, 2.45) is 4.99 Å². The van der Waals surface area contributed by atoms with E-state index < -0.39 is 0 Å². The summed E-state index contributed by atoms with van der Waals surface area (Å²) in [5.41, 5.74) is 4.39. The largest absolute Gasteiger partial charge is 0.495 e. The van der Waals surface area contributed by atoms with Crippen LogP contribution < -0.4 is 10.1 Å². The molecule has 0 amide bonds. The standard InChI is InChI=1S/C22H17FN6O.CH4/c1-30-18-8-7-14(13-4-2-5-15(23)10-13)11-17(18)27-21-19-20(16-6-3-9-24-16)28-29-22(19)26-12-25-21;/h2-8,10-12H,9H2,1H3,(H2,25,26,27,28,29);1H4. The molecule has 2 N–H and O–H groups in total. The minimum absolute atomic E-state index is 0. The molecule has 0 bridgehead atoms. The summed E-state index contributed by atoms with van der Waals surface area (Å²) in [4.78, 5) is 13.1. The maximum atomic E-state index is 13.7. The quantitative estimate of drug-likeness (QED) is 0.483. The van der Waals surface area contributed by atoms with Gasteiger partial charge in [0, 0.05) is 0 Å². The zero-order valence-electron chi connectivity index (χ0n) is 16.1. The number of benzene rings is 2. The predicted octanol–water partition coefficient (Wildman–Crippen LogP) is 4.91. The Morgan fingerprint density at radius 2 is 1.97 bits per heavy atom. The van der Waals surface area contributed by atoms with Crippen molar-refractivity contribution in [1.29, 1.82) is 0 Å². The number of halogens is 1. The molecule has 0 atom stereocenters. The van der Waals surface area contributed by atoms with Crippen LogP contribution in [0, 0.1) is 5.82 Å². The number of anilines is 2. The van der Waals surface area contributed by atoms with Gasteiger partial charge in [-0.3, -0.25) is 10.1 Å². The second-order valence-corrected chi connectivity index (χ2v) is 6.70. The number of nitrogens with one attached hydrogen (secondary N) is 2. The Balaban J connectivity index is 0.00000231. The molecule has 1 aliphatic rings. The first-order chi connectivity index (χ1) is 14.7. The third-order valence-corrected chi connectivity index (χ3v) is 4.86. The zero-order chi connectivity index (χ0) is 20.5. The molecule has 3 heterocycles. The number of aliphatic imine (C=N–C) groups is 1. The van der Waals surface area contributed by atoms with Crippen molar-refractivity contribution < 1.29 is 9.13 Å². The van der Waals surface area contributed by atoms with Gasteiger partial charge >= 0.3 is 0 Å². The number of rotatable bonds is 5. The van der Waals surface area contributed by atoms with E-state index in [9.17, 15) is 4.39 Å². The number of aromatic amines is 1. The van der Waals surface area contributed by atoms with Crippen molar-refractivity contribution >= 4 is 28.3 Å². The van der Waals surface area contributed by atoms with Gasteiger partial charge in [-0.05, 0) is 41.5 Å². The van der Waals surface area contributed by atoms with E-state index in [4.69, 9.17) is 4.74 Å². The molecular weight excluding hydrogens is 395 g/mol. The molecule has 0 radical (unpaired) electrons. The third-order valence-electron chi connectivity index (χ3n) is 4.86. The van der Waals surface area contributed by atoms with Crippen LogP contribution in [0.25, 0.3) is 22.2 Å². The van der Waals surface area contributed by atoms with Crippen molar-refractivity contribution in [1.82, 2.24) is 20.2 Å². The van der Waals surface area contributed by atoms with Crippen molar-refractivity contribution in [2.75, 3.05) is 19.0 Å². The molecule has 0 aliphatic carbocycles. The molecule has 31 heavy (non-hydrogen) atoms. The molecule has 0 fully saturated rings. The number of allylic oxidation sites excluding steroid dienone is 1. The molecule has 7 nitrogen and oxygen atoms in total. The van der Waals surface area contributed by atoms with E-state index in [1.807, 2.05) is 36.4 Å². The van der Waals surface area contributed by atoms with E-state index in [0.717, 1.165) is 27.9 Å². The van der Waals surface area contributed by atoms with Gasteiger partial charge in [0.15, 0.2) is 5.65 Å². The van der Waals surface area contributed by atoms with Gasteiger partial charge < -0.3 is 10.1 Å². The average Bonchev–Trinajstić information content (AvgIpc) is 3.44. The maximum Gasteiger partial charge on any atom is 0.186 e. The highest BCUT2D eigenvalue weighted by molar-refractivity contribution is 6.17. The van der Waals surface area contributed by atoms with Gasteiger partial charge in [-0.1, -0.05) is 31.7 Å². The Morgan fingerprint density at radius 1 is 1.10 bits per heavy atom. The van der Waals surface area contributed by atoms with E-state index in [1.165, 1.54) is 18.5 Å². The summed E-state index contributed by atoms with van der Waals surface area (Å²) in [6.07, 6.45) is 5.36. The number of fused-ring (bicyclic) bond motifs is 1. The third kappa shape index (κ3) is 3.75. The van der Waals surface area contributed by atoms with Gasteiger partial charge in [0.25, 0.3) is 0 Å². The number of hydrogen-bond acceptors (Lipinski definition) is 6. The van der Waals surface area contributed by atoms with Crippen LogP contribution in [0.2, 0.25) is 0 Å². The van der Waals surface area contributed by atoms with Crippen LogP contribution in [0.5, 0.6) is 5.75 Å². The number of ether oxygens (including phenoxy) is 1. The van der Waals surface area contributed by atoms with E-state index >= 15 is 0 Å². The lowest BCUT2D eigenvalue weighted by molar-refractivity contribution is 0.417. The van der Waals surface area contributed by atoms with Crippen LogP contribution >= 0.6 is 0 Å². The molecule has 0 unspecified atom stereocenters. The first-order valence-electron chi connectivity index (χ1n) is 9.34. The van der Waals surface area contributed by atoms with Crippen molar-refractivity contribution in [3.63, 3.8) is 0 Å². The van der Waals surface area contributed by atoms with E-state index in [0.29, 0.717) is 29.4 Å². The van der Waals surface area contributed by atoms with Gasteiger partial charge in [-0.15, -0.1) is 0 Å². The SMILES string of the molecule is C.COc1ccc(-c2cccc(F)c2)cc1Nc1ncnc2n[nH]c(C3=NCC=C3)c12. The van der Waals surface area contributed by atoms with Crippen molar-refractivity contribution in [3.05, 3.63) is 72.5 Å². The Hall–Kier alpha value is -4.07. The molecular formula is C23H21FN6O. The Labute approximate surface area is 178 Å². The van der Waals surface area contributed by atoms with Crippen LogP contribution in [-0.2, 0) is 0 Å². The second-order valence-electron chi connectivity index (χ2n) is 6.70. The average molecular weight is 416 g/mol. The van der Waals surface area contributed by atoms with Crippen LogP contribution in [-0.4, -0.2) is 39.5 Å². The molecule has 4 aromatic rings. The first-order valence-corrected chi connectivity index (χ1v) is 9.34. The highest BCUT2D eigenvalue weighted by Crippen LogP contribution is 2.34. The summed E-state index contributed by atoms with van der Waals surface area (Å²) < 4.78 is 19.2. The normalized spacial score (nSPS) is 12.5. The van der Waals surface area contributed by atoms with E-state index in [2.05, 4.69) is 30.5 Å². The Kier molecular flexibility index (Phi) is 5.44. The van der Waals surface area contributed by atoms with Crippen molar-refractivity contribution in [2.45, 2.75) is 7.43 Å². The molecule has 156 valence electrons. The highest BCUT2D eigenvalue weighted by atomic mass is 19.1. The molecule has 2 aromatic carbocycles. The maximum absolute atomic E-state index is 13.7. The summed E-state index contributed by atoms with van der Waals surface area (Å²) in [5, 5.41) is 11.4. The van der Waals surface area contributed by atoms with Gasteiger partial charge in [0.05, 0.1) is 36.1 Å². The molecule has 8 heteroatoms. The Morgan fingerprint density at radius 3 is 2.74 bits per heavy atom.